The second-order valence-electron chi connectivity index (χ2n) is 13.6. The van der Waals surface area contributed by atoms with Crippen molar-refractivity contribution >= 4 is 40.5 Å². The van der Waals surface area contributed by atoms with Crippen LogP contribution < -0.4 is 19.8 Å². The predicted molar refractivity (Wildman–Crippen MR) is 227 cm³/mol. The standard InChI is InChI=1S/C50H32N4O4Si/c51-29-39-19-25-45(27-41(39)31-53)57-43-21-15-35(16-22-43)33-55-59(49-13-5-9-37-7-1-3-11-47(37)49,50-14-6-10-38-8-2-4-12-48(38)50)56-34-36-17-23-44(24-18-36)58-46-26-20-40(30-52)42(28-46)32-54/h1-28H,33-34H2. The summed E-state index contributed by atoms with van der Waals surface area (Å²) in [4.78, 5) is 0. The highest BCUT2D eigenvalue weighted by atomic mass is 28.4. The van der Waals surface area contributed by atoms with E-state index in [0.717, 1.165) is 43.0 Å². The van der Waals surface area contributed by atoms with Crippen LogP contribution in [-0.2, 0) is 22.1 Å². The summed E-state index contributed by atoms with van der Waals surface area (Å²) in [7, 11) is -3.61. The van der Waals surface area contributed by atoms with Gasteiger partial charge in [-0.15, -0.1) is 0 Å². The zero-order chi connectivity index (χ0) is 40.6. The van der Waals surface area contributed by atoms with Crippen LogP contribution in [0.2, 0.25) is 0 Å². The summed E-state index contributed by atoms with van der Waals surface area (Å²) in [6.07, 6.45) is 0. The molecule has 0 bridgehead atoms. The van der Waals surface area contributed by atoms with E-state index >= 15 is 0 Å². The van der Waals surface area contributed by atoms with Gasteiger partial charge in [-0.05, 0) is 93.3 Å². The summed E-state index contributed by atoms with van der Waals surface area (Å²) in [5.41, 5.74) is 2.89. The maximum absolute atomic E-state index is 9.48. The average molecular weight is 781 g/mol. The second kappa shape index (κ2) is 17.0. The first-order chi connectivity index (χ1) is 29.0. The first-order valence-corrected chi connectivity index (χ1v) is 20.5. The van der Waals surface area contributed by atoms with Gasteiger partial charge >= 0.3 is 8.56 Å². The number of ether oxygens (including phenoxy) is 2. The summed E-state index contributed by atoms with van der Waals surface area (Å²) < 4.78 is 26.7. The summed E-state index contributed by atoms with van der Waals surface area (Å²) in [6, 6.07) is 62.0. The van der Waals surface area contributed by atoms with Crippen LogP contribution >= 0.6 is 0 Å². The van der Waals surface area contributed by atoms with E-state index in [1.807, 2.05) is 84.9 Å². The van der Waals surface area contributed by atoms with Crippen LogP contribution in [0.5, 0.6) is 23.0 Å². The van der Waals surface area contributed by atoms with Crippen molar-refractivity contribution in [1.82, 2.24) is 0 Å². The van der Waals surface area contributed by atoms with Gasteiger partial charge in [0.05, 0.1) is 35.5 Å². The molecule has 280 valence electrons. The lowest BCUT2D eigenvalue weighted by atomic mass is 10.1. The minimum absolute atomic E-state index is 0.233. The lowest BCUT2D eigenvalue weighted by Gasteiger charge is -2.33. The van der Waals surface area contributed by atoms with Crippen LogP contribution in [0.1, 0.15) is 33.4 Å². The molecule has 0 atom stereocenters. The van der Waals surface area contributed by atoms with E-state index in [0.29, 0.717) is 34.1 Å². The van der Waals surface area contributed by atoms with E-state index in [1.54, 1.807) is 36.4 Å². The van der Waals surface area contributed by atoms with Crippen LogP contribution in [0.3, 0.4) is 0 Å². The monoisotopic (exact) mass is 780 g/mol. The molecule has 0 aliphatic rings. The minimum Gasteiger partial charge on any atom is -0.457 e. The van der Waals surface area contributed by atoms with Crippen LogP contribution in [0, 0.1) is 45.3 Å². The van der Waals surface area contributed by atoms with Crippen molar-refractivity contribution in [3.8, 4) is 47.3 Å². The third-order valence-corrected chi connectivity index (χ3v) is 13.3. The van der Waals surface area contributed by atoms with Gasteiger partial charge in [0.15, 0.2) is 0 Å². The smallest absolute Gasteiger partial charge is 0.408 e. The molecule has 0 fully saturated rings. The van der Waals surface area contributed by atoms with Gasteiger partial charge in [-0.25, -0.2) is 0 Å². The normalized spacial score (nSPS) is 10.9. The van der Waals surface area contributed by atoms with Crippen molar-refractivity contribution in [2.45, 2.75) is 13.2 Å². The molecular formula is C50H32N4O4Si. The third kappa shape index (κ3) is 7.99. The predicted octanol–water partition coefficient (Wildman–Crippen LogP) is 10.1. The number of hydrogen-bond donors (Lipinski definition) is 0. The second-order valence-corrected chi connectivity index (χ2v) is 16.5. The summed E-state index contributed by atoms with van der Waals surface area (Å²) in [6.45, 7) is 0.465. The highest BCUT2D eigenvalue weighted by Crippen LogP contribution is 2.29. The third-order valence-electron chi connectivity index (χ3n) is 9.95. The molecule has 8 aromatic carbocycles. The molecule has 0 aromatic heterocycles. The Balaban J connectivity index is 1.15. The summed E-state index contributed by atoms with van der Waals surface area (Å²) >= 11 is 0. The lowest BCUT2D eigenvalue weighted by molar-refractivity contribution is 0.177. The molecule has 8 rings (SSSR count). The Morgan fingerprint density at radius 3 is 1.15 bits per heavy atom. The Bertz CT molecular complexity index is 2800. The van der Waals surface area contributed by atoms with Gasteiger partial charge in [0.1, 0.15) is 47.3 Å². The van der Waals surface area contributed by atoms with E-state index in [2.05, 4.69) is 72.8 Å². The molecule has 0 radical (unpaired) electrons. The molecule has 0 amide bonds. The van der Waals surface area contributed by atoms with Crippen molar-refractivity contribution < 1.29 is 18.3 Å². The number of fused-ring (bicyclic) bond motifs is 2. The fourth-order valence-corrected chi connectivity index (χ4v) is 10.6. The largest absolute Gasteiger partial charge is 0.457 e. The van der Waals surface area contributed by atoms with E-state index in [-0.39, 0.29) is 24.3 Å². The Hall–Kier alpha value is -8.02. The molecule has 0 unspecified atom stereocenters. The van der Waals surface area contributed by atoms with Gasteiger partial charge < -0.3 is 18.3 Å². The molecule has 0 saturated heterocycles. The molecule has 0 saturated carbocycles. The fraction of sp³-hybridized carbons (Fsp3) is 0.0400. The first-order valence-electron chi connectivity index (χ1n) is 18.7. The Kier molecular flexibility index (Phi) is 10.9. The fourth-order valence-electron chi connectivity index (χ4n) is 7.03. The molecule has 8 nitrogen and oxygen atoms in total. The van der Waals surface area contributed by atoms with Crippen molar-refractivity contribution in [1.29, 1.82) is 21.0 Å². The van der Waals surface area contributed by atoms with Crippen molar-refractivity contribution in [3.63, 3.8) is 0 Å². The SMILES string of the molecule is N#Cc1ccc(Oc2ccc(CO[Si](OCc3ccc(Oc4ccc(C#N)c(C#N)c4)cc3)(c3cccc4ccccc34)c3cccc4ccccc34)cc2)cc1C#N. The van der Waals surface area contributed by atoms with E-state index in [4.69, 9.17) is 18.3 Å². The molecule has 9 heteroatoms. The van der Waals surface area contributed by atoms with Gasteiger partial charge in [0.25, 0.3) is 0 Å². The molecule has 59 heavy (non-hydrogen) atoms. The zero-order valence-electron chi connectivity index (χ0n) is 31.5. The van der Waals surface area contributed by atoms with Gasteiger partial charge in [0.2, 0.25) is 0 Å². The first kappa shape index (κ1) is 37.9. The maximum atomic E-state index is 9.48. The highest BCUT2D eigenvalue weighted by molar-refractivity contribution is 6.95. The molecule has 0 heterocycles. The molecule has 8 aromatic rings. The average Bonchev–Trinajstić information content (AvgIpc) is 3.29. The lowest BCUT2D eigenvalue weighted by Crippen LogP contribution is -2.63. The van der Waals surface area contributed by atoms with Crippen LogP contribution in [0.15, 0.2) is 170 Å². The van der Waals surface area contributed by atoms with Gasteiger partial charge in [-0.3, -0.25) is 0 Å². The van der Waals surface area contributed by atoms with Crippen LogP contribution in [-0.4, -0.2) is 8.56 Å². The number of nitrogens with zero attached hydrogens (tertiary/aromatic N) is 4. The molecule has 0 aliphatic heterocycles. The Morgan fingerprint density at radius 2 is 0.746 bits per heavy atom. The van der Waals surface area contributed by atoms with Crippen LogP contribution in [0.25, 0.3) is 21.5 Å². The van der Waals surface area contributed by atoms with Crippen molar-refractivity contribution in [2.75, 3.05) is 0 Å². The summed E-state index contributed by atoms with van der Waals surface area (Å²) in [5, 5.41) is 43.8. The van der Waals surface area contributed by atoms with E-state index in [9.17, 15) is 21.0 Å². The zero-order valence-corrected chi connectivity index (χ0v) is 32.5. The Labute approximate surface area is 342 Å². The van der Waals surface area contributed by atoms with Gasteiger partial charge in [0, 0.05) is 10.4 Å². The molecular weight excluding hydrogens is 749 g/mol. The van der Waals surface area contributed by atoms with Gasteiger partial charge in [-0.1, -0.05) is 109 Å². The summed E-state index contributed by atoms with van der Waals surface area (Å²) in [5.74, 6) is 2.06. The minimum atomic E-state index is -3.61. The topological polar surface area (TPSA) is 132 Å². The van der Waals surface area contributed by atoms with Crippen molar-refractivity contribution in [2.24, 2.45) is 0 Å². The Morgan fingerprint density at radius 1 is 0.373 bits per heavy atom. The van der Waals surface area contributed by atoms with Gasteiger partial charge in [-0.2, -0.15) is 21.0 Å². The van der Waals surface area contributed by atoms with E-state index in [1.165, 1.54) is 0 Å². The molecule has 0 spiro atoms. The molecule has 0 aliphatic carbocycles. The maximum Gasteiger partial charge on any atom is 0.408 e. The highest BCUT2D eigenvalue weighted by Gasteiger charge is 2.45. The number of hydrogen-bond acceptors (Lipinski definition) is 8. The number of rotatable bonds is 12. The number of benzene rings is 8. The molecule has 0 N–H and O–H groups in total. The van der Waals surface area contributed by atoms with Crippen LogP contribution in [0.4, 0.5) is 0 Å². The van der Waals surface area contributed by atoms with E-state index < -0.39 is 8.56 Å². The number of nitriles is 4. The quantitative estimate of drug-likeness (QED) is 0.112. The van der Waals surface area contributed by atoms with Crippen molar-refractivity contribution in [3.05, 3.63) is 203 Å².